The zero-order chi connectivity index (χ0) is 18.4. The molecule has 0 spiro atoms. The van der Waals surface area contributed by atoms with E-state index in [4.69, 9.17) is 0 Å². The van der Waals surface area contributed by atoms with E-state index in [2.05, 4.69) is 20.6 Å². The van der Waals surface area contributed by atoms with Gasteiger partial charge >= 0.3 is 0 Å². The fourth-order valence-corrected chi connectivity index (χ4v) is 3.62. The summed E-state index contributed by atoms with van der Waals surface area (Å²) in [6.07, 6.45) is 5.22. The minimum atomic E-state index is -0.921. The number of dihydropyridines is 1. The largest absolute Gasteiger partial charge is 0.351 e. The van der Waals surface area contributed by atoms with E-state index in [1.165, 1.54) is 23.6 Å². The quantitative estimate of drug-likeness (QED) is 0.710. The van der Waals surface area contributed by atoms with Gasteiger partial charge in [-0.2, -0.15) is 0 Å². The number of aliphatic imine (C=N–C) groups is 1. The Morgan fingerprint density at radius 2 is 2.15 bits per heavy atom. The molecule has 1 unspecified atom stereocenters. The summed E-state index contributed by atoms with van der Waals surface area (Å²) in [6, 6.07) is 3.91. The molecule has 0 radical (unpaired) electrons. The summed E-state index contributed by atoms with van der Waals surface area (Å²) in [5, 5.41) is 9.64. The van der Waals surface area contributed by atoms with E-state index in [9.17, 15) is 14.4 Å². The number of aryl methyl sites for hydroxylation is 1. The summed E-state index contributed by atoms with van der Waals surface area (Å²) < 4.78 is 0. The van der Waals surface area contributed by atoms with Crippen LogP contribution in [0, 0.1) is 5.92 Å². The number of anilines is 1. The minimum absolute atomic E-state index is 0.0483. The smallest absolute Gasteiger partial charge is 0.262 e. The van der Waals surface area contributed by atoms with E-state index >= 15 is 0 Å². The second-order valence-electron chi connectivity index (χ2n) is 5.47. The Hall–Kier alpha value is -2.65. The molecule has 0 aliphatic carbocycles. The van der Waals surface area contributed by atoms with Gasteiger partial charge in [0.25, 0.3) is 5.91 Å². The van der Waals surface area contributed by atoms with Crippen LogP contribution in [-0.4, -0.2) is 28.9 Å². The zero-order valence-corrected chi connectivity index (χ0v) is 15.3. The molecule has 9 heteroatoms. The van der Waals surface area contributed by atoms with E-state index in [0.717, 1.165) is 10.6 Å². The number of amides is 3. The summed E-state index contributed by atoms with van der Waals surface area (Å²) in [4.78, 5) is 44.5. The van der Waals surface area contributed by atoms with E-state index in [1.54, 1.807) is 22.8 Å². The van der Waals surface area contributed by atoms with Gasteiger partial charge in [-0.15, -0.1) is 22.7 Å². The number of thiazole rings is 1. The van der Waals surface area contributed by atoms with Crippen molar-refractivity contribution in [2.45, 2.75) is 19.4 Å². The molecular weight excluding hydrogens is 372 g/mol. The summed E-state index contributed by atoms with van der Waals surface area (Å²) in [5.74, 6) is -1.93. The number of nitrogens with one attached hydrogen (secondary N) is 2. The van der Waals surface area contributed by atoms with Crippen molar-refractivity contribution in [3.05, 3.63) is 45.6 Å². The van der Waals surface area contributed by atoms with Crippen LogP contribution in [0.4, 0.5) is 5.13 Å². The van der Waals surface area contributed by atoms with Gasteiger partial charge in [0, 0.05) is 22.9 Å². The molecule has 0 bridgehead atoms. The van der Waals surface area contributed by atoms with Crippen LogP contribution in [0.5, 0.6) is 0 Å². The molecule has 2 aromatic rings. The summed E-state index contributed by atoms with van der Waals surface area (Å²) in [5.41, 5.74) is 0.722. The van der Waals surface area contributed by atoms with Crippen LogP contribution in [0.25, 0.3) is 0 Å². The number of thiophene rings is 1. The number of nitrogens with zero attached hydrogens (tertiary/aromatic N) is 2. The van der Waals surface area contributed by atoms with Crippen molar-refractivity contribution in [1.29, 1.82) is 0 Å². The highest BCUT2D eigenvalue weighted by Crippen LogP contribution is 2.18. The van der Waals surface area contributed by atoms with E-state index in [1.807, 2.05) is 17.5 Å². The van der Waals surface area contributed by atoms with Crippen LogP contribution < -0.4 is 10.6 Å². The van der Waals surface area contributed by atoms with Crippen LogP contribution >= 0.6 is 22.7 Å². The predicted octanol–water partition coefficient (Wildman–Crippen LogP) is 2.18. The molecular formula is C17H16N4O3S2. The summed E-state index contributed by atoms with van der Waals surface area (Å²) in [7, 11) is 0. The topological polar surface area (TPSA) is 101 Å². The van der Waals surface area contributed by atoms with Crippen molar-refractivity contribution in [3.63, 3.8) is 0 Å². The molecule has 3 rings (SSSR count). The van der Waals surface area contributed by atoms with Gasteiger partial charge in [0.05, 0.1) is 12.2 Å². The van der Waals surface area contributed by atoms with E-state index in [0.29, 0.717) is 24.5 Å². The summed E-state index contributed by atoms with van der Waals surface area (Å²) >= 11 is 2.86. The minimum Gasteiger partial charge on any atom is -0.351 e. The van der Waals surface area contributed by atoms with Gasteiger partial charge in [0.15, 0.2) is 5.13 Å². The van der Waals surface area contributed by atoms with Crippen molar-refractivity contribution >= 4 is 51.7 Å². The maximum atomic E-state index is 12.1. The fraction of sp³-hybridized carbons (Fsp3) is 0.235. The molecule has 26 heavy (non-hydrogen) atoms. The molecule has 0 saturated carbocycles. The fourth-order valence-electron chi connectivity index (χ4n) is 2.23. The predicted molar refractivity (Wildman–Crippen MR) is 101 cm³/mol. The molecule has 134 valence electrons. The van der Waals surface area contributed by atoms with Crippen LogP contribution in [0.15, 0.2) is 40.0 Å². The van der Waals surface area contributed by atoms with E-state index in [-0.39, 0.29) is 5.91 Å². The normalized spacial score (nSPS) is 15.8. The standard InChI is InChI=1S/C17H16N4O3S2/c22-14(19-9-12-3-2-8-25-12)6-5-11-10-26-17(20-11)21-16(24)13-4-1-7-18-15(13)23/h1-4,7-8,10,13H,5-6,9H2,(H,19,22)(H,20,21,24). The molecule has 2 N–H and O–H groups in total. The lowest BCUT2D eigenvalue weighted by Crippen LogP contribution is -2.28. The lowest BCUT2D eigenvalue weighted by Gasteiger charge is -2.09. The average molecular weight is 388 g/mol. The van der Waals surface area contributed by atoms with Crippen molar-refractivity contribution < 1.29 is 14.4 Å². The number of allylic oxidation sites excluding steroid dienone is 1. The third-order valence-corrected chi connectivity index (χ3v) is 5.25. The highest BCUT2D eigenvalue weighted by Gasteiger charge is 2.25. The SMILES string of the molecule is O=C(CCc1csc(NC(=O)C2C=CC=NC2=O)n1)NCc1cccs1. The third-order valence-electron chi connectivity index (χ3n) is 3.57. The zero-order valence-electron chi connectivity index (χ0n) is 13.7. The van der Waals surface area contributed by atoms with Crippen molar-refractivity contribution in [3.8, 4) is 0 Å². The maximum Gasteiger partial charge on any atom is 0.262 e. The molecule has 3 heterocycles. The Kier molecular flexibility index (Phi) is 6.03. The maximum absolute atomic E-state index is 12.1. The van der Waals surface area contributed by atoms with Gasteiger partial charge in [0.1, 0.15) is 5.92 Å². The Labute approximate surface area is 157 Å². The molecule has 0 saturated heterocycles. The number of carbonyl (C=O) groups is 3. The number of rotatable bonds is 7. The molecule has 3 amide bonds. The first-order valence-corrected chi connectivity index (χ1v) is 9.67. The Morgan fingerprint density at radius 1 is 1.27 bits per heavy atom. The highest BCUT2D eigenvalue weighted by atomic mass is 32.1. The molecule has 1 aliphatic heterocycles. The van der Waals surface area contributed by atoms with Crippen LogP contribution in [0.1, 0.15) is 17.0 Å². The van der Waals surface area contributed by atoms with Gasteiger partial charge in [-0.1, -0.05) is 12.1 Å². The van der Waals surface area contributed by atoms with Crippen LogP contribution in [0.3, 0.4) is 0 Å². The molecule has 7 nitrogen and oxygen atoms in total. The molecule has 1 aliphatic rings. The molecule has 1 atom stereocenters. The number of hydrogen-bond acceptors (Lipinski definition) is 6. The molecule has 2 aromatic heterocycles. The second kappa shape index (κ2) is 8.63. The van der Waals surface area contributed by atoms with Gasteiger partial charge < -0.3 is 10.6 Å². The number of hydrogen-bond donors (Lipinski definition) is 2. The molecule has 0 aromatic carbocycles. The van der Waals surface area contributed by atoms with E-state index < -0.39 is 17.7 Å². The monoisotopic (exact) mass is 388 g/mol. The third kappa shape index (κ3) is 4.93. The van der Waals surface area contributed by atoms with Gasteiger partial charge in [-0.25, -0.2) is 9.98 Å². The first kappa shape index (κ1) is 18.2. The lowest BCUT2D eigenvalue weighted by molar-refractivity contribution is -0.128. The Morgan fingerprint density at radius 3 is 2.92 bits per heavy atom. The average Bonchev–Trinajstić information content (AvgIpc) is 3.30. The summed E-state index contributed by atoms with van der Waals surface area (Å²) in [6.45, 7) is 0.528. The second-order valence-corrected chi connectivity index (χ2v) is 7.36. The lowest BCUT2D eigenvalue weighted by atomic mass is 10.1. The first-order valence-electron chi connectivity index (χ1n) is 7.91. The van der Waals surface area contributed by atoms with Gasteiger partial charge in [-0.05, 0) is 23.9 Å². The Bertz CT molecular complexity index is 855. The van der Waals surface area contributed by atoms with Crippen molar-refractivity contribution in [1.82, 2.24) is 10.3 Å². The van der Waals surface area contributed by atoms with Crippen LogP contribution in [-0.2, 0) is 27.3 Å². The Balaban J connectivity index is 1.45. The number of aromatic nitrogens is 1. The first-order chi connectivity index (χ1) is 12.6. The van der Waals surface area contributed by atoms with Gasteiger partial charge in [-0.3, -0.25) is 14.4 Å². The van der Waals surface area contributed by atoms with Crippen molar-refractivity contribution in [2.24, 2.45) is 10.9 Å². The number of carbonyl (C=O) groups excluding carboxylic acids is 3. The molecule has 0 fully saturated rings. The van der Waals surface area contributed by atoms with Crippen molar-refractivity contribution in [2.75, 3.05) is 5.32 Å². The van der Waals surface area contributed by atoms with Gasteiger partial charge in [0.2, 0.25) is 11.8 Å². The highest BCUT2D eigenvalue weighted by molar-refractivity contribution is 7.14. The van der Waals surface area contributed by atoms with Crippen LogP contribution in [0.2, 0.25) is 0 Å².